The van der Waals surface area contributed by atoms with Crippen LogP contribution in [0.25, 0.3) is 0 Å². The number of benzene rings is 1. The average molecular weight is 217 g/mol. The van der Waals surface area contributed by atoms with Gasteiger partial charge in [0.25, 0.3) is 0 Å². The Morgan fingerprint density at radius 2 is 1.94 bits per heavy atom. The van der Waals surface area contributed by atoms with Crippen molar-refractivity contribution >= 4 is 5.78 Å². The first-order chi connectivity index (χ1) is 7.70. The Morgan fingerprint density at radius 1 is 1.31 bits per heavy atom. The SMILES string of the molecule is CCc1ccc(C(=O)CN(C)C2CC2)cc1. The Balaban J connectivity index is 1.96. The van der Waals surface area contributed by atoms with Gasteiger partial charge in [-0.25, -0.2) is 0 Å². The molecule has 0 radical (unpaired) electrons. The summed E-state index contributed by atoms with van der Waals surface area (Å²) in [7, 11) is 2.04. The van der Waals surface area contributed by atoms with E-state index < -0.39 is 0 Å². The van der Waals surface area contributed by atoms with Crippen LogP contribution in [0.2, 0.25) is 0 Å². The van der Waals surface area contributed by atoms with Gasteiger partial charge >= 0.3 is 0 Å². The molecule has 0 atom stereocenters. The number of carbonyl (C=O) groups excluding carboxylic acids is 1. The highest BCUT2D eigenvalue weighted by molar-refractivity contribution is 5.97. The third kappa shape index (κ3) is 2.70. The molecule has 2 rings (SSSR count). The molecule has 1 aliphatic carbocycles. The van der Waals surface area contributed by atoms with E-state index in [2.05, 4.69) is 11.8 Å². The van der Waals surface area contributed by atoms with Crippen LogP contribution < -0.4 is 0 Å². The van der Waals surface area contributed by atoms with Crippen LogP contribution in [0.15, 0.2) is 24.3 Å². The summed E-state index contributed by atoms with van der Waals surface area (Å²) in [6, 6.07) is 8.64. The zero-order valence-corrected chi connectivity index (χ0v) is 10.1. The molecule has 1 saturated carbocycles. The zero-order valence-electron chi connectivity index (χ0n) is 10.1. The lowest BCUT2D eigenvalue weighted by molar-refractivity contribution is 0.0942. The van der Waals surface area contributed by atoms with E-state index in [0.29, 0.717) is 12.6 Å². The highest BCUT2D eigenvalue weighted by Crippen LogP contribution is 2.25. The van der Waals surface area contributed by atoms with E-state index in [9.17, 15) is 4.79 Å². The number of carbonyl (C=O) groups is 1. The quantitative estimate of drug-likeness (QED) is 0.706. The maximum absolute atomic E-state index is 11.9. The molecule has 1 aromatic carbocycles. The fraction of sp³-hybridized carbons (Fsp3) is 0.500. The molecule has 0 aliphatic heterocycles. The molecule has 86 valence electrons. The zero-order chi connectivity index (χ0) is 11.5. The van der Waals surface area contributed by atoms with Crippen LogP contribution in [0.5, 0.6) is 0 Å². The first-order valence-electron chi connectivity index (χ1n) is 6.03. The third-order valence-corrected chi connectivity index (χ3v) is 3.25. The van der Waals surface area contributed by atoms with Gasteiger partial charge in [-0.15, -0.1) is 0 Å². The Labute approximate surface area is 97.3 Å². The lowest BCUT2D eigenvalue weighted by Gasteiger charge is -2.14. The lowest BCUT2D eigenvalue weighted by atomic mass is 10.1. The van der Waals surface area contributed by atoms with Crippen molar-refractivity contribution in [2.75, 3.05) is 13.6 Å². The largest absolute Gasteiger partial charge is 0.296 e. The molecule has 2 heteroatoms. The Morgan fingerprint density at radius 3 is 2.44 bits per heavy atom. The van der Waals surface area contributed by atoms with Crippen LogP contribution in [0.4, 0.5) is 0 Å². The number of Topliss-reactive ketones (excluding diaryl/α,β-unsaturated/α-hetero) is 1. The summed E-state index contributed by atoms with van der Waals surface area (Å²) in [5.41, 5.74) is 2.12. The molecule has 0 amide bonds. The van der Waals surface area contributed by atoms with Crippen molar-refractivity contribution in [3.05, 3.63) is 35.4 Å². The van der Waals surface area contributed by atoms with Crippen LogP contribution in [0, 0.1) is 0 Å². The van der Waals surface area contributed by atoms with Gasteiger partial charge in [0.15, 0.2) is 5.78 Å². The number of hydrogen-bond donors (Lipinski definition) is 0. The molecule has 1 aliphatic rings. The van der Waals surface area contributed by atoms with Crippen molar-refractivity contribution in [2.45, 2.75) is 32.2 Å². The molecule has 1 aromatic rings. The van der Waals surface area contributed by atoms with Crippen LogP contribution in [-0.4, -0.2) is 30.3 Å². The third-order valence-electron chi connectivity index (χ3n) is 3.25. The maximum Gasteiger partial charge on any atom is 0.176 e. The fourth-order valence-corrected chi connectivity index (χ4v) is 1.89. The fourth-order valence-electron chi connectivity index (χ4n) is 1.89. The minimum atomic E-state index is 0.233. The van der Waals surface area contributed by atoms with Crippen molar-refractivity contribution < 1.29 is 4.79 Å². The van der Waals surface area contributed by atoms with E-state index in [0.717, 1.165) is 12.0 Å². The molecule has 0 unspecified atom stereocenters. The summed E-state index contributed by atoms with van der Waals surface area (Å²) >= 11 is 0. The van der Waals surface area contributed by atoms with E-state index in [4.69, 9.17) is 0 Å². The first-order valence-corrected chi connectivity index (χ1v) is 6.03. The van der Waals surface area contributed by atoms with Gasteiger partial charge in [-0.3, -0.25) is 9.69 Å². The molecule has 0 saturated heterocycles. The highest BCUT2D eigenvalue weighted by Gasteiger charge is 2.27. The van der Waals surface area contributed by atoms with Gasteiger partial charge < -0.3 is 0 Å². The topological polar surface area (TPSA) is 20.3 Å². The maximum atomic E-state index is 11.9. The molecule has 0 heterocycles. The van der Waals surface area contributed by atoms with Gasteiger partial charge in [0, 0.05) is 11.6 Å². The predicted molar refractivity (Wildman–Crippen MR) is 65.8 cm³/mol. The second kappa shape index (κ2) is 4.79. The van der Waals surface area contributed by atoms with Crippen LogP contribution >= 0.6 is 0 Å². The Hall–Kier alpha value is -1.15. The van der Waals surface area contributed by atoms with Crippen molar-refractivity contribution in [2.24, 2.45) is 0 Å². The van der Waals surface area contributed by atoms with Crippen LogP contribution in [0.3, 0.4) is 0 Å². The minimum Gasteiger partial charge on any atom is -0.296 e. The summed E-state index contributed by atoms with van der Waals surface area (Å²) < 4.78 is 0. The molecule has 0 aromatic heterocycles. The lowest BCUT2D eigenvalue weighted by Crippen LogP contribution is -2.27. The van der Waals surface area contributed by atoms with Gasteiger partial charge in [-0.1, -0.05) is 31.2 Å². The standard InChI is InChI=1S/C14H19NO/c1-3-11-4-6-12(7-5-11)14(16)10-15(2)13-8-9-13/h4-7,13H,3,8-10H2,1-2H3. The van der Waals surface area contributed by atoms with Gasteiger partial charge in [-0.2, -0.15) is 0 Å². The second-order valence-electron chi connectivity index (χ2n) is 4.62. The van der Waals surface area contributed by atoms with Crippen molar-refractivity contribution in [1.29, 1.82) is 0 Å². The number of ketones is 1. The van der Waals surface area contributed by atoms with E-state index in [-0.39, 0.29) is 5.78 Å². The van der Waals surface area contributed by atoms with E-state index >= 15 is 0 Å². The first kappa shape index (κ1) is 11.3. The summed E-state index contributed by atoms with van der Waals surface area (Å²) in [5, 5.41) is 0. The van der Waals surface area contributed by atoms with Crippen LogP contribution in [0.1, 0.15) is 35.7 Å². The van der Waals surface area contributed by atoms with Gasteiger partial charge in [0.1, 0.15) is 0 Å². The normalized spacial score (nSPS) is 15.4. The molecular weight excluding hydrogens is 198 g/mol. The molecule has 16 heavy (non-hydrogen) atoms. The van der Waals surface area contributed by atoms with Gasteiger partial charge in [0.05, 0.1) is 6.54 Å². The van der Waals surface area contributed by atoms with Crippen molar-refractivity contribution in [1.82, 2.24) is 4.90 Å². The van der Waals surface area contributed by atoms with E-state index in [1.807, 2.05) is 31.3 Å². The smallest absolute Gasteiger partial charge is 0.176 e. The molecule has 0 spiro atoms. The molecule has 0 bridgehead atoms. The Bertz CT molecular complexity index is 365. The average Bonchev–Trinajstić information content (AvgIpc) is 3.13. The summed E-state index contributed by atoms with van der Waals surface area (Å²) in [6.07, 6.45) is 3.52. The number of likely N-dealkylation sites (N-methyl/N-ethyl adjacent to an activating group) is 1. The number of aryl methyl sites for hydroxylation is 1. The van der Waals surface area contributed by atoms with Crippen molar-refractivity contribution in [3.63, 3.8) is 0 Å². The van der Waals surface area contributed by atoms with Gasteiger partial charge in [0.2, 0.25) is 0 Å². The van der Waals surface area contributed by atoms with E-state index in [1.165, 1.54) is 18.4 Å². The summed E-state index contributed by atoms with van der Waals surface area (Å²) in [5.74, 6) is 0.233. The van der Waals surface area contributed by atoms with E-state index in [1.54, 1.807) is 0 Å². The molecular formula is C14H19NO. The molecule has 0 N–H and O–H groups in total. The van der Waals surface area contributed by atoms with Gasteiger partial charge in [-0.05, 0) is 31.9 Å². The predicted octanol–water partition coefficient (Wildman–Crippen LogP) is 2.53. The Kier molecular flexibility index (Phi) is 3.39. The minimum absolute atomic E-state index is 0.233. The van der Waals surface area contributed by atoms with Crippen molar-refractivity contribution in [3.8, 4) is 0 Å². The number of hydrogen-bond acceptors (Lipinski definition) is 2. The number of rotatable bonds is 5. The highest BCUT2D eigenvalue weighted by atomic mass is 16.1. The van der Waals surface area contributed by atoms with Crippen LogP contribution in [-0.2, 0) is 6.42 Å². The monoisotopic (exact) mass is 217 g/mol. The summed E-state index contributed by atoms with van der Waals surface area (Å²) in [4.78, 5) is 14.1. The second-order valence-corrected chi connectivity index (χ2v) is 4.62. The number of nitrogens with zero attached hydrogens (tertiary/aromatic N) is 1. The molecule has 1 fully saturated rings. The molecule has 2 nitrogen and oxygen atoms in total. The summed E-state index contributed by atoms with van der Waals surface area (Å²) in [6.45, 7) is 2.67.